The second-order valence-electron chi connectivity index (χ2n) is 7.48. The summed E-state index contributed by atoms with van der Waals surface area (Å²) >= 11 is 0. The van der Waals surface area contributed by atoms with Gasteiger partial charge in [-0.05, 0) is 49.8 Å². The molecule has 0 unspecified atom stereocenters. The normalized spacial score (nSPS) is 11.1. The van der Waals surface area contributed by atoms with Crippen molar-refractivity contribution in [1.29, 1.82) is 0 Å². The molecule has 1 heterocycles. The molecule has 2 aromatic carbocycles. The summed E-state index contributed by atoms with van der Waals surface area (Å²) in [6.07, 6.45) is 0.978. The van der Waals surface area contributed by atoms with E-state index in [0.717, 1.165) is 59.7 Å². The van der Waals surface area contributed by atoms with Gasteiger partial charge < -0.3 is 23.8 Å². The lowest BCUT2D eigenvalue weighted by Gasteiger charge is -2.19. The van der Waals surface area contributed by atoms with Gasteiger partial charge in [0.25, 0.3) is 0 Å². The minimum absolute atomic E-state index is 0.587. The van der Waals surface area contributed by atoms with Gasteiger partial charge in [-0.25, -0.2) is 4.98 Å². The molecule has 0 N–H and O–H groups in total. The number of ether oxygens (including phenoxy) is 4. The van der Waals surface area contributed by atoms with E-state index in [4.69, 9.17) is 23.9 Å². The summed E-state index contributed by atoms with van der Waals surface area (Å²) in [6.45, 7) is 10.6. The van der Waals surface area contributed by atoms with Crippen LogP contribution in [0.25, 0.3) is 22.2 Å². The Morgan fingerprint density at radius 3 is 2.16 bits per heavy atom. The maximum Gasteiger partial charge on any atom is 0.148 e. The largest absolute Gasteiger partial charge is 0.497 e. The molecule has 3 aromatic rings. The van der Waals surface area contributed by atoms with Crippen LogP contribution in [0.3, 0.4) is 0 Å². The van der Waals surface area contributed by atoms with E-state index < -0.39 is 0 Å². The van der Waals surface area contributed by atoms with Gasteiger partial charge in [-0.2, -0.15) is 0 Å². The van der Waals surface area contributed by atoms with Gasteiger partial charge in [-0.15, -0.1) is 0 Å². The van der Waals surface area contributed by atoms with Crippen molar-refractivity contribution >= 4 is 10.9 Å². The number of likely N-dealkylation sites (N-methyl/N-ethyl adjacent to an activating group) is 1. The lowest BCUT2D eigenvalue weighted by Crippen LogP contribution is -2.27. The van der Waals surface area contributed by atoms with Crippen LogP contribution in [0.15, 0.2) is 42.5 Å². The zero-order chi connectivity index (χ0) is 22.9. The first-order valence-corrected chi connectivity index (χ1v) is 11.3. The average molecular weight is 439 g/mol. The SMILES string of the molecule is CCCOc1ccc(-c2cc(OCCN(CC)CC)c3cc(OC)cc(OC)c3n2)cc1. The Labute approximate surface area is 191 Å². The smallest absolute Gasteiger partial charge is 0.148 e. The molecule has 172 valence electrons. The summed E-state index contributed by atoms with van der Waals surface area (Å²) in [5.41, 5.74) is 2.55. The van der Waals surface area contributed by atoms with Crippen molar-refractivity contribution < 1.29 is 18.9 Å². The van der Waals surface area contributed by atoms with Gasteiger partial charge in [0.15, 0.2) is 0 Å². The third-order valence-electron chi connectivity index (χ3n) is 5.45. The van der Waals surface area contributed by atoms with Crippen molar-refractivity contribution in [2.24, 2.45) is 0 Å². The van der Waals surface area contributed by atoms with Crippen LogP contribution in [-0.4, -0.2) is 57.0 Å². The highest BCUT2D eigenvalue weighted by Crippen LogP contribution is 2.38. The highest BCUT2D eigenvalue weighted by Gasteiger charge is 2.15. The van der Waals surface area contributed by atoms with Crippen LogP contribution in [0.1, 0.15) is 27.2 Å². The van der Waals surface area contributed by atoms with Crippen molar-refractivity contribution in [2.75, 3.05) is 47.1 Å². The van der Waals surface area contributed by atoms with Crippen molar-refractivity contribution in [1.82, 2.24) is 9.88 Å². The van der Waals surface area contributed by atoms with Crippen LogP contribution in [-0.2, 0) is 0 Å². The summed E-state index contributed by atoms with van der Waals surface area (Å²) in [4.78, 5) is 7.24. The minimum atomic E-state index is 0.587. The highest BCUT2D eigenvalue weighted by atomic mass is 16.5. The first-order valence-electron chi connectivity index (χ1n) is 11.3. The lowest BCUT2D eigenvalue weighted by atomic mass is 10.1. The van der Waals surface area contributed by atoms with Gasteiger partial charge in [0.05, 0.1) is 26.5 Å². The first kappa shape index (κ1) is 23.7. The number of rotatable bonds is 12. The molecule has 3 rings (SSSR count). The molecule has 0 aliphatic heterocycles. The fourth-order valence-corrected chi connectivity index (χ4v) is 3.55. The van der Waals surface area contributed by atoms with Gasteiger partial charge in [0.1, 0.15) is 35.1 Å². The van der Waals surface area contributed by atoms with Gasteiger partial charge in [-0.1, -0.05) is 20.8 Å². The Hall–Kier alpha value is -2.99. The van der Waals surface area contributed by atoms with Crippen molar-refractivity contribution in [3.05, 3.63) is 42.5 Å². The predicted octanol–water partition coefficient (Wildman–Crippen LogP) is 5.43. The quantitative estimate of drug-likeness (QED) is 0.376. The van der Waals surface area contributed by atoms with Crippen molar-refractivity contribution in [3.63, 3.8) is 0 Å². The number of fused-ring (bicyclic) bond motifs is 1. The maximum atomic E-state index is 6.27. The van der Waals surface area contributed by atoms with Crippen molar-refractivity contribution in [3.8, 4) is 34.3 Å². The van der Waals surface area contributed by atoms with Gasteiger partial charge in [-0.3, -0.25) is 0 Å². The molecule has 0 fully saturated rings. The number of hydrogen-bond acceptors (Lipinski definition) is 6. The Bertz CT molecular complexity index is 1000. The van der Waals surface area contributed by atoms with Crippen LogP contribution < -0.4 is 18.9 Å². The molecular formula is C26H34N2O4. The van der Waals surface area contributed by atoms with Crippen molar-refractivity contribution in [2.45, 2.75) is 27.2 Å². The number of methoxy groups -OCH3 is 2. The number of benzene rings is 2. The summed E-state index contributed by atoms with van der Waals surface area (Å²) in [5.74, 6) is 2.97. The van der Waals surface area contributed by atoms with E-state index in [9.17, 15) is 0 Å². The van der Waals surface area contributed by atoms with Crippen LogP contribution in [0, 0.1) is 0 Å². The number of nitrogens with zero attached hydrogens (tertiary/aromatic N) is 2. The van der Waals surface area contributed by atoms with Crippen LogP contribution in [0.4, 0.5) is 0 Å². The zero-order valence-corrected chi connectivity index (χ0v) is 19.8. The molecule has 0 saturated carbocycles. The van der Waals surface area contributed by atoms with E-state index in [-0.39, 0.29) is 0 Å². The van der Waals surface area contributed by atoms with Gasteiger partial charge in [0, 0.05) is 29.6 Å². The Morgan fingerprint density at radius 1 is 0.781 bits per heavy atom. The molecule has 0 radical (unpaired) electrons. The number of aromatic nitrogens is 1. The van der Waals surface area contributed by atoms with E-state index in [2.05, 4.69) is 25.7 Å². The topological polar surface area (TPSA) is 53.1 Å². The number of hydrogen-bond donors (Lipinski definition) is 0. The van der Waals surface area contributed by atoms with Crippen LogP contribution in [0.2, 0.25) is 0 Å². The molecule has 0 saturated heterocycles. The average Bonchev–Trinajstić information content (AvgIpc) is 2.84. The second kappa shape index (κ2) is 11.6. The Balaban J connectivity index is 2.01. The molecule has 0 bridgehead atoms. The molecule has 0 aliphatic rings. The third kappa shape index (κ3) is 5.62. The molecule has 0 amide bonds. The van der Waals surface area contributed by atoms with E-state index >= 15 is 0 Å². The standard InChI is InChI=1S/C26H34N2O4/c1-6-14-31-20-11-9-19(10-12-20)23-18-24(32-15-13-28(7-2)8-3)22-16-21(29-4)17-25(30-5)26(22)27-23/h9-12,16-18H,6-8,13-15H2,1-5H3. The molecule has 0 aliphatic carbocycles. The first-order chi connectivity index (χ1) is 15.6. The fourth-order valence-electron chi connectivity index (χ4n) is 3.55. The molecule has 6 nitrogen and oxygen atoms in total. The zero-order valence-electron chi connectivity index (χ0n) is 19.8. The molecular weight excluding hydrogens is 404 g/mol. The third-order valence-corrected chi connectivity index (χ3v) is 5.45. The maximum absolute atomic E-state index is 6.27. The molecule has 6 heteroatoms. The summed E-state index contributed by atoms with van der Waals surface area (Å²) in [6, 6.07) is 13.8. The van der Waals surface area contributed by atoms with Crippen LogP contribution >= 0.6 is 0 Å². The Morgan fingerprint density at radius 2 is 1.53 bits per heavy atom. The molecule has 32 heavy (non-hydrogen) atoms. The van der Waals surface area contributed by atoms with Crippen LogP contribution in [0.5, 0.6) is 23.0 Å². The lowest BCUT2D eigenvalue weighted by molar-refractivity contribution is 0.224. The minimum Gasteiger partial charge on any atom is -0.497 e. The summed E-state index contributed by atoms with van der Waals surface area (Å²) < 4.78 is 23.1. The summed E-state index contributed by atoms with van der Waals surface area (Å²) in [5, 5.41) is 0.868. The molecule has 0 atom stereocenters. The highest BCUT2D eigenvalue weighted by molar-refractivity contribution is 5.93. The monoisotopic (exact) mass is 438 g/mol. The number of pyridine rings is 1. The van der Waals surface area contributed by atoms with E-state index in [1.807, 2.05) is 42.5 Å². The van der Waals surface area contributed by atoms with E-state index in [1.54, 1.807) is 14.2 Å². The summed E-state index contributed by atoms with van der Waals surface area (Å²) in [7, 11) is 3.29. The predicted molar refractivity (Wildman–Crippen MR) is 129 cm³/mol. The fraction of sp³-hybridized carbons (Fsp3) is 0.423. The van der Waals surface area contributed by atoms with Gasteiger partial charge in [0.2, 0.25) is 0 Å². The second-order valence-corrected chi connectivity index (χ2v) is 7.48. The van der Waals surface area contributed by atoms with E-state index in [1.165, 1.54) is 0 Å². The Kier molecular flexibility index (Phi) is 8.56. The molecule has 0 spiro atoms. The van der Waals surface area contributed by atoms with E-state index in [0.29, 0.717) is 24.7 Å². The molecule has 1 aromatic heterocycles. The van der Waals surface area contributed by atoms with Gasteiger partial charge >= 0.3 is 0 Å².